The zero-order chi connectivity index (χ0) is 15.5. The van der Waals surface area contributed by atoms with Gasteiger partial charge in [0, 0.05) is 5.54 Å². The highest BCUT2D eigenvalue weighted by atomic mass is 15.0. The summed E-state index contributed by atoms with van der Waals surface area (Å²) in [4.78, 5) is 0. The quantitative estimate of drug-likeness (QED) is 0.483. The van der Waals surface area contributed by atoms with Crippen LogP contribution < -0.4 is 5.32 Å². The van der Waals surface area contributed by atoms with Gasteiger partial charge < -0.3 is 5.32 Å². The first-order chi connectivity index (χ1) is 10.0. The number of nitrogens with one attached hydrogen (secondary N) is 1. The SMILES string of the molecule is C=C=CC1(NC)CC1C(C)C=CCC(C)(CC)C1CCC1. The first kappa shape index (κ1) is 16.6. The number of hydrogen-bond acceptors (Lipinski definition) is 1. The van der Waals surface area contributed by atoms with Crippen LogP contribution in [0.1, 0.15) is 59.3 Å². The predicted octanol–water partition coefficient (Wildman–Crippen LogP) is 5.10. The molecule has 0 spiro atoms. The van der Waals surface area contributed by atoms with Crippen LogP contribution in [0.25, 0.3) is 0 Å². The third-order valence-electron chi connectivity index (χ3n) is 6.44. The lowest BCUT2D eigenvalue weighted by molar-refractivity contribution is 0.0992. The summed E-state index contributed by atoms with van der Waals surface area (Å²) in [7, 11) is 2.05. The Kier molecular flexibility index (Phi) is 5.17. The number of rotatable bonds is 8. The van der Waals surface area contributed by atoms with Gasteiger partial charge in [0.05, 0.1) is 0 Å². The monoisotopic (exact) mass is 287 g/mol. The van der Waals surface area contributed by atoms with E-state index < -0.39 is 0 Å². The van der Waals surface area contributed by atoms with Crippen LogP contribution in [0.2, 0.25) is 0 Å². The number of likely N-dealkylation sites (N-methyl/N-ethyl adjacent to an activating group) is 1. The van der Waals surface area contributed by atoms with Gasteiger partial charge in [-0.3, -0.25) is 0 Å². The largest absolute Gasteiger partial charge is 0.310 e. The van der Waals surface area contributed by atoms with E-state index >= 15 is 0 Å². The Morgan fingerprint density at radius 1 is 1.48 bits per heavy atom. The second-order valence-corrected chi connectivity index (χ2v) is 7.58. The Morgan fingerprint density at radius 3 is 2.67 bits per heavy atom. The molecule has 1 heteroatoms. The van der Waals surface area contributed by atoms with Crippen molar-refractivity contribution in [1.29, 1.82) is 0 Å². The molecule has 2 rings (SSSR count). The van der Waals surface area contributed by atoms with Gasteiger partial charge >= 0.3 is 0 Å². The normalized spacial score (nSPS) is 33.0. The van der Waals surface area contributed by atoms with Gasteiger partial charge in [-0.05, 0) is 62.0 Å². The van der Waals surface area contributed by atoms with Crippen molar-refractivity contribution < 1.29 is 0 Å². The summed E-state index contributed by atoms with van der Waals surface area (Å²) in [5.74, 6) is 2.29. The highest BCUT2D eigenvalue weighted by molar-refractivity contribution is 5.24. The van der Waals surface area contributed by atoms with Crippen molar-refractivity contribution in [3.8, 4) is 0 Å². The van der Waals surface area contributed by atoms with Crippen molar-refractivity contribution in [2.24, 2.45) is 23.2 Å². The van der Waals surface area contributed by atoms with E-state index in [0.29, 0.717) is 17.3 Å². The van der Waals surface area contributed by atoms with E-state index in [1.54, 1.807) is 0 Å². The molecule has 1 N–H and O–H groups in total. The molecule has 0 radical (unpaired) electrons. The first-order valence-electron chi connectivity index (χ1n) is 8.74. The highest BCUT2D eigenvalue weighted by Gasteiger charge is 2.53. The molecule has 1 nitrogen and oxygen atoms in total. The Labute approximate surface area is 131 Å². The maximum Gasteiger partial charge on any atom is 0.0475 e. The second kappa shape index (κ2) is 6.55. The summed E-state index contributed by atoms with van der Waals surface area (Å²) in [6.07, 6.45) is 15.1. The van der Waals surface area contributed by atoms with Crippen LogP contribution >= 0.6 is 0 Å². The zero-order valence-corrected chi connectivity index (χ0v) is 14.4. The lowest BCUT2D eigenvalue weighted by atomic mass is 9.63. The molecule has 2 saturated carbocycles. The maximum atomic E-state index is 3.73. The van der Waals surface area contributed by atoms with Gasteiger partial charge in [-0.1, -0.05) is 52.3 Å². The topological polar surface area (TPSA) is 12.0 Å². The lowest BCUT2D eigenvalue weighted by Crippen LogP contribution is -2.31. The Balaban J connectivity index is 1.88. The van der Waals surface area contributed by atoms with E-state index in [-0.39, 0.29) is 5.54 Å². The second-order valence-electron chi connectivity index (χ2n) is 7.58. The minimum absolute atomic E-state index is 0.160. The lowest BCUT2D eigenvalue weighted by Gasteiger charge is -2.42. The standard InChI is InChI=1S/C20H33N/c1-6-13-20(21-5)15-18(20)16(3)10-9-14-19(4,7-2)17-11-8-12-17/h9-10,13,16-18,21H,1,7-8,11-12,14-15H2,2-5H3. The molecule has 4 atom stereocenters. The van der Waals surface area contributed by atoms with E-state index in [2.05, 4.69) is 63.7 Å². The fourth-order valence-electron chi connectivity index (χ4n) is 4.06. The predicted molar refractivity (Wildman–Crippen MR) is 92.3 cm³/mol. The third-order valence-corrected chi connectivity index (χ3v) is 6.44. The molecule has 0 heterocycles. The Hall–Kier alpha value is -0.780. The van der Waals surface area contributed by atoms with Crippen molar-refractivity contribution in [2.75, 3.05) is 7.05 Å². The van der Waals surface area contributed by atoms with Crippen LogP contribution in [0.3, 0.4) is 0 Å². The van der Waals surface area contributed by atoms with Crippen LogP contribution in [-0.4, -0.2) is 12.6 Å². The van der Waals surface area contributed by atoms with E-state index in [0.717, 1.165) is 5.92 Å². The van der Waals surface area contributed by atoms with Gasteiger partial charge in [0.1, 0.15) is 0 Å². The molecular weight excluding hydrogens is 254 g/mol. The van der Waals surface area contributed by atoms with Crippen molar-refractivity contribution in [1.82, 2.24) is 5.32 Å². The minimum Gasteiger partial charge on any atom is -0.310 e. The molecule has 0 amide bonds. The van der Waals surface area contributed by atoms with Crippen LogP contribution in [0.15, 0.2) is 30.5 Å². The molecule has 0 aromatic rings. The number of allylic oxidation sites excluding steroid dienone is 2. The highest BCUT2D eigenvalue weighted by Crippen LogP contribution is 2.50. The van der Waals surface area contributed by atoms with Crippen LogP contribution in [0, 0.1) is 23.2 Å². The van der Waals surface area contributed by atoms with Gasteiger partial charge in [0.15, 0.2) is 0 Å². The molecule has 2 aliphatic carbocycles. The molecule has 0 bridgehead atoms. The maximum absolute atomic E-state index is 3.73. The summed E-state index contributed by atoms with van der Waals surface area (Å²) < 4.78 is 0. The molecule has 0 aromatic carbocycles. The average Bonchev–Trinajstić information content (AvgIpc) is 3.12. The van der Waals surface area contributed by atoms with E-state index in [4.69, 9.17) is 0 Å². The first-order valence-corrected chi connectivity index (χ1v) is 8.74. The summed E-state index contributed by atoms with van der Waals surface area (Å²) in [6, 6.07) is 0. The third kappa shape index (κ3) is 3.35. The molecule has 0 aromatic heterocycles. The molecule has 4 unspecified atom stereocenters. The minimum atomic E-state index is 0.160. The van der Waals surface area contributed by atoms with E-state index in [1.807, 2.05) is 0 Å². The van der Waals surface area contributed by atoms with Crippen molar-refractivity contribution in [3.63, 3.8) is 0 Å². The van der Waals surface area contributed by atoms with Crippen molar-refractivity contribution in [2.45, 2.75) is 64.8 Å². The molecule has 2 aliphatic rings. The van der Waals surface area contributed by atoms with Crippen LogP contribution in [0.5, 0.6) is 0 Å². The number of hydrogen-bond donors (Lipinski definition) is 1. The summed E-state index contributed by atoms with van der Waals surface area (Å²) in [5, 5.41) is 3.45. The smallest absolute Gasteiger partial charge is 0.0475 e. The molecule has 0 saturated heterocycles. The summed E-state index contributed by atoms with van der Waals surface area (Å²) in [5.41, 5.74) is 3.65. The van der Waals surface area contributed by atoms with E-state index in [1.165, 1.54) is 38.5 Å². The Bertz CT molecular complexity index is 427. The molecule has 118 valence electrons. The molecule has 0 aliphatic heterocycles. The fraction of sp³-hybridized carbons (Fsp3) is 0.750. The van der Waals surface area contributed by atoms with Gasteiger partial charge in [-0.2, -0.15) is 0 Å². The van der Waals surface area contributed by atoms with Gasteiger partial charge in [0.2, 0.25) is 0 Å². The average molecular weight is 287 g/mol. The van der Waals surface area contributed by atoms with Crippen LogP contribution in [-0.2, 0) is 0 Å². The Morgan fingerprint density at radius 2 is 2.19 bits per heavy atom. The van der Waals surface area contributed by atoms with Crippen molar-refractivity contribution >= 4 is 0 Å². The van der Waals surface area contributed by atoms with Gasteiger partial charge in [0.25, 0.3) is 0 Å². The molecule has 2 fully saturated rings. The van der Waals surface area contributed by atoms with Gasteiger partial charge in [-0.25, -0.2) is 0 Å². The van der Waals surface area contributed by atoms with Crippen LogP contribution in [0.4, 0.5) is 0 Å². The van der Waals surface area contributed by atoms with E-state index in [9.17, 15) is 0 Å². The molecular formula is C20H33N. The fourth-order valence-corrected chi connectivity index (χ4v) is 4.06. The summed E-state index contributed by atoms with van der Waals surface area (Å²) in [6.45, 7) is 10.9. The summed E-state index contributed by atoms with van der Waals surface area (Å²) >= 11 is 0. The van der Waals surface area contributed by atoms with Gasteiger partial charge in [-0.15, -0.1) is 5.73 Å². The molecule has 21 heavy (non-hydrogen) atoms. The van der Waals surface area contributed by atoms with Crippen molar-refractivity contribution in [3.05, 3.63) is 30.5 Å². The zero-order valence-electron chi connectivity index (χ0n) is 14.4.